The number of ether oxygens (including phenoxy) is 1. The molecule has 196 valence electrons. The van der Waals surface area contributed by atoms with Gasteiger partial charge in [0.15, 0.2) is 5.65 Å². The fourth-order valence-electron chi connectivity index (χ4n) is 4.53. The number of carbonyl (C=O) groups is 2. The Hall–Kier alpha value is -4.11. The van der Waals surface area contributed by atoms with Gasteiger partial charge in [0.05, 0.1) is 21.8 Å². The van der Waals surface area contributed by atoms with Crippen LogP contribution in [0.4, 0.5) is 5.69 Å². The van der Waals surface area contributed by atoms with Crippen molar-refractivity contribution < 1.29 is 19.4 Å². The van der Waals surface area contributed by atoms with Crippen LogP contribution in [0.3, 0.4) is 0 Å². The standard InChI is InChI=1S/C28H28ClN5O4/c1-16(2)26(35)34-12-10-33(11-13-34)19-7-5-18(6-8-19)24-22(29)15-23-25(31-24)32-28(30-23)38-20-9-4-17(3)21(14-20)27(36)37/h4-9,14-16H,10-13H2,1-3H3,(H,36,37)(H,30,31,32). The van der Waals surface area contributed by atoms with Gasteiger partial charge in [0, 0.05) is 43.3 Å². The number of hydrogen-bond donors (Lipinski definition) is 2. The van der Waals surface area contributed by atoms with Crippen LogP contribution in [0.15, 0.2) is 48.5 Å². The van der Waals surface area contributed by atoms with Crippen LogP contribution in [0.2, 0.25) is 5.02 Å². The van der Waals surface area contributed by atoms with Crippen LogP contribution < -0.4 is 9.64 Å². The first kappa shape index (κ1) is 25.5. The number of aryl methyl sites for hydroxylation is 1. The monoisotopic (exact) mass is 533 g/mol. The molecule has 0 bridgehead atoms. The molecule has 1 amide bonds. The van der Waals surface area contributed by atoms with Crippen LogP contribution in [0, 0.1) is 12.8 Å². The maximum atomic E-state index is 12.3. The number of aromatic nitrogens is 3. The highest BCUT2D eigenvalue weighted by Crippen LogP contribution is 2.32. The lowest BCUT2D eigenvalue weighted by atomic mass is 10.1. The van der Waals surface area contributed by atoms with Crippen molar-refractivity contribution in [2.75, 3.05) is 31.1 Å². The van der Waals surface area contributed by atoms with E-state index in [0.717, 1.165) is 24.3 Å². The summed E-state index contributed by atoms with van der Waals surface area (Å²) < 4.78 is 5.77. The van der Waals surface area contributed by atoms with E-state index < -0.39 is 5.97 Å². The third kappa shape index (κ3) is 5.15. The lowest BCUT2D eigenvalue weighted by Crippen LogP contribution is -2.49. The molecule has 1 saturated heterocycles. The van der Waals surface area contributed by atoms with E-state index in [1.54, 1.807) is 25.1 Å². The molecule has 2 aromatic heterocycles. The fourth-order valence-corrected chi connectivity index (χ4v) is 4.79. The number of aromatic carboxylic acids is 1. The van der Waals surface area contributed by atoms with Crippen molar-refractivity contribution in [1.29, 1.82) is 0 Å². The molecule has 0 saturated carbocycles. The Kier molecular flexibility index (Phi) is 6.94. The number of nitrogens with one attached hydrogen (secondary N) is 1. The van der Waals surface area contributed by atoms with Crippen molar-refractivity contribution in [2.45, 2.75) is 20.8 Å². The summed E-state index contributed by atoms with van der Waals surface area (Å²) in [7, 11) is 0. The number of anilines is 1. The third-order valence-corrected chi connectivity index (χ3v) is 6.94. The number of aromatic amines is 1. The number of amides is 1. The average molecular weight is 534 g/mol. The minimum absolute atomic E-state index is 0.0139. The second kappa shape index (κ2) is 10.3. The zero-order valence-electron chi connectivity index (χ0n) is 21.4. The van der Waals surface area contributed by atoms with Gasteiger partial charge in [0.1, 0.15) is 5.75 Å². The molecular weight excluding hydrogens is 506 g/mol. The molecule has 0 atom stereocenters. The normalized spacial score (nSPS) is 13.8. The number of nitrogens with zero attached hydrogens (tertiary/aromatic N) is 4. The van der Waals surface area contributed by atoms with Crippen molar-refractivity contribution in [2.24, 2.45) is 5.92 Å². The van der Waals surface area contributed by atoms with Gasteiger partial charge in [0.25, 0.3) is 0 Å². The van der Waals surface area contributed by atoms with E-state index in [1.807, 2.05) is 43.0 Å². The van der Waals surface area contributed by atoms with Crippen LogP contribution in [0.1, 0.15) is 29.8 Å². The Bertz CT molecular complexity index is 1510. The van der Waals surface area contributed by atoms with Gasteiger partial charge in [-0.2, -0.15) is 4.98 Å². The molecule has 10 heteroatoms. The Morgan fingerprint density at radius 3 is 2.39 bits per heavy atom. The minimum Gasteiger partial charge on any atom is -0.478 e. The van der Waals surface area contributed by atoms with Gasteiger partial charge >= 0.3 is 12.0 Å². The average Bonchev–Trinajstić information content (AvgIpc) is 3.29. The molecule has 5 rings (SSSR count). The summed E-state index contributed by atoms with van der Waals surface area (Å²) in [4.78, 5) is 40.0. The molecule has 0 unspecified atom stereocenters. The molecule has 38 heavy (non-hydrogen) atoms. The summed E-state index contributed by atoms with van der Waals surface area (Å²) >= 11 is 6.58. The highest BCUT2D eigenvalue weighted by molar-refractivity contribution is 6.33. The number of piperazine rings is 1. The van der Waals surface area contributed by atoms with Crippen LogP contribution in [0.5, 0.6) is 11.8 Å². The first-order valence-corrected chi connectivity index (χ1v) is 12.8. The summed E-state index contributed by atoms with van der Waals surface area (Å²) in [5, 5.41) is 9.82. The van der Waals surface area contributed by atoms with Crippen LogP contribution in [0.25, 0.3) is 22.4 Å². The number of carboxylic acid groups (broad SMARTS) is 1. The smallest absolute Gasteiger partial charge is 0.336 e. The van der Waals surface area contributed by atoms with Crippen molar-refractivity contribution in [3.8, 4) is 23.0 Å². The molecule has 1 aliphatic rings. The summed E-state index contributed by atoms with van der Waals surface area (Å²) in [6, 6.07) is 14.8. The van der Waals surface area contributed by atoms with Gasteiger partial charge in [-0.3, -0.25) is 4.79 Å². The van der Waals surface area contributed by atoms with Gasteiger partial charge in [-0.15, -0.1) is 0 Å². The van der Waals surface area contributed by atoms with Gasteiger partial charge in [-0.05, 0) is 42.8 Å². The van der Waals surface area contributed by atoms with Crippen LogP contribution >= 0.6 is 11.6 Å². The molecule has 3 heterocycles. The number of fused-ring (bicyclic) bond motifs is 1. The number of imidazole rings is 1. The highest BCUT2D eigenvalue weighted by Gasteiger charge is 2.23. The summed E-state index contributed by atoms with van der Waals surface area (Å²) in [5.74, 6) is -0.458. The fraction of sp³-hybridized carbons (Fsp3) is 0.286. The summed E-state index contributed by atoms with van der Waals surface area (Å²) in [5.41, 5.74) is 4.36. The SMILES string of the molecule is Cc1ccc(Oc2nc3nc(-c4ccc(N5CCN(C(=O)C(C)C)CC5)cc4)c(Cl)cc3[nH]2)cc1C(=O)O. The summed E-state index contributed by atoms with van der Waals surface area (Å²) in [6.45, 7) is 8.59. The van der Waals surface area contributed by atoms with E-state index in [-0.39, 0.29) is 23.4 Å². The molecule has 9 nitrogen and oxygen atoms in total. The molecule has 4 aromatic rings. The molecule has 1 fully saturated rings. The Labute approximate surface area is 225 Å². The number of rotatable bonds is 6. The molecule has 2 aromatic carbocycles. The second-order valence-electron chi connectivity index (χ2n) is 9.63. The molecule has 0 aliphatic carbocycles. The van der Waals surface area contributed by atoms with Crippen molar-refractivity contribution in [3.05, 3.63) is 64.7 Å². The van der Waals surface area contributed by atoms with E-state index in [0.29, 0.717) is 46.3 Å². The van der Waals surface area contributed by atoms with E-state index in [1.165, 1.54) is 6.07 Å². The molecule has 0 radical (unpaired) electrons. The predicted molar refractivity (Wildman–Crippen MR) is 146 cm³/mol. The zero-order valence-corrected chi connectivity index (χ0v) is 22.1. The second-order valence-corrected chi connectivity index (χ2v) is 10.0. The van der Waals surface area contributed by atoms with Crippen molar-refractivity contribution in [1.82, 2.24) is 19.9 Å². The Balaban J connectivity index is 1.32. The van der Waals surface area contributed by atoms with E-state index >= 15 is 0 Å². The first-order chi connectivity index (χ1) is 18.2. The molecular formula is C28H28ClN5O4. The predicted octanol–water partition coefficient (Wildman–Crippen LogP) is 5.38. The zero-order chi connectivity index (χ0) is 27.0. The van der Waals surface area contributed by atoms with Crippen molar-refractivity contribution >= 4 is 40.3 Å². The maximum absolute atomic E-state index is 12.3. The van der Waals surface area contributed by atoms with Gasteiger partial charge in [-0.25, -0.2) is 9.78 Å². The summed E-state index contributed by atoms with van der Waals surface area (Å²) in [6.07, 6.45) is 0. The number of pyridine rings is 1. The lowest BCUT2D eigenvalue weighted by molar-refractivity contribution is -0.134. The Morgan fingerprint density at radius 2 is 1.74 bits per heavy atom. The molecule has 1 aliphatic heterocycles. The Morgan fingerprint density at radius 1 is 1.03 bits per heavy atom. The number of carboxylic acids is 1. The van der Waals surface area contributed by atoms with Crippen LogP contribution in [-0.4, -0.2) is 63.0 Å². The lowest BCUT2D eigenvalue weighted by Gasteiger charge is -2.37. The van der Waals surface area contributed by atoms with E-state index in [9.17, 15) is 14.7 Å². The first-order valence-electron chi connectivity index (χ1n) is 12.4. The highest BCUT2D eigenvalue weighted by atomic mass is 35.5. The minimum atomic E-state index is -1.02. The largest absolute Gasteiger partial charge is 0.478 e. The number of H-pyrrole nitrogens is 1. The van der Waals surface area contributed by atoms with E-state index in [2.05, 4.69) is 19.9 Å². The quantitative estimate of drug-likeness (QED) is 0.342. The topological polar surface area (TPSA) is 112 Å². The van der Waals surface area contributed by atoms with Crippen molar-refractivity contribution in [3.63, 3.8) is 0 Å². The molecule has 0 spiro atoms. The number of hydrogen-bond acceptors (Lipinski definition) is 6. The van der Waals surface area contributed by atoms with Gasteiger partial charge in [-0.1, -0.05) is 43.6 Å². The number of carbonyl (C=O) groups excluding carboxylic acids is 1. The number of benzene rings is 2. The molecule has 2 N–H and O–H groups in total. The van der Waals surface area contributed by atoms with Gasteiger partial charge in [0.2, 0.25) is 5.91 Å². The van der Waals surface area contributed by atoms with Crippen LogP contribution in [-0.2, 0) is 4.79 Å². The van der Waals surface area contributed by atoms with Gasteiger partial charge < -0.3 is 24.6 Å². The van der Waals surface area contributed by atoms with E-state index in [4.69, 9.17) is 16.3 Å². The maximum Gasteiger partial charge on any atom is 0.336 e. The third-order valence-electron chi connectivity index (χ3n) is 6.65. The number of halogens is 1.